The molecule has 0 spiro atoms. The molecule has 0 radical (unpaired) electrons. The lowest BCUT2D eigenvalue weighted by atomic mass is 10.1. The molecule has 1 amide bonds. The molecule has 0 aromatic carbocycles. The third-order valence-corrected chi connectivity index (χ3v) is 4.47. The third-order valence-electron chi connectivity index (χ3n) is 4.47. The molecule has 1 fully saturated rings. The van der Waals surface area contributed by atoms with Crippen LogP contribution in [0.4, 0.5) is 0 Å². The highest BCUT2D eigenvalue weighted by Gasteiger charge is 2.11. The van der Waals surface area contributed by atoms with E-state index in [1.54, 1.807) is 6.07 Å². The SMILES string of the molecule is CCNC(=NCCCNC(=O)c1occc1C)NCCN1CCCCC1. The minimum atomic E-state index is -0.164. The lowest BCUT2D eigenvalue weighted by Gasteiger charge is -2.26. The smallest absolute Gasteiger partial charge is 0.287 e. The van der Waals surface area contributed by atoms with Gasteiger partial charge in [0.25, 0.3) is 5.91 Å². The van der Waals surface area contributed by atoms with E-state index in [0.29, 0.717) is 18.8 Å². The Morgan fingerprint density at radius 2 is 2.00 bits per heavy atom. The van der Waals surface area contributed by atoms with Crippen molar-refractivity contribution in [2.24, 2.45) is 4.99 Å². The van der Waals surface area contributed by atoms with Gasteiger partial charge in [0.2, 0.25) is 0 Å². The summed E-state index contributed by atoms with van der Waals surface area (Å²) < 4.78 is 5.18. The Labute approximate surface area is 156 Å². The second-order valence-electron chi connectivity index (χ2n) is 6.63. The van der Waals surface area contributed by atoms with E-state index in [0.717, 1.165) is 37.6 Å². The number of nitrogens with one attached hydrogen (secondary N) is 3. The quantitative estimate of drug-likeness (QED) is 0.354. The zero-order chi connectivity index (χ0) is 18.6. The molecule has 2 heterocycles. The van der Waals surface area contributed by atoms with Crippen LogP contribution in [0.1, 0.15) is 48.7 Å². The number of piperidine rings is 1. The van der Waals surface area contributed by atoms with Gasteiger partial charge in [0, 0.05) is 38.3 Å². The molecule has 0 bridgehead atoms. The van der Waals surface area contributed by atoms with Gasteiger partial charge in [0.15, 0.2) is 11.7 Å². The molecule has 146 valence electrons. The molecule has 26 heavy (non-hydrogen) atoms. The van der Waals surface area contributed by atoms with E-state index in [-0.39, 0.29) is 5.91 Å². The first kappa shape index (κ1) is 20.3. The van der Waals surface area contributed by atoms with Gasteiger partial charge < -0.3 is 25.3 Å². The third kappa shape index (κ3) is 7.07. The van der Waals surface area contributed by atoms with E-state index in [1.807, 2.05) is 6.92 Å². The Hall–Kier alpha value is -2.02. The van der Waals surface area contributed by atoms with Crippen LogP contribution in [0.15, 0.2) is 21.7 Å². The van der Waals surface area contributed by atoms with Gasteiger partial charge >= 0.3 is 0 Å². The molecular formula is C19H33N5O2. The minimum absolute atomic E-state index is 0.164. The van der Waals surface area contributed by atoms with Crippen LogP contribution in [-0.4, -0.2) is 62.6 Å². The topological polar surface area (TPSA) is 81.9 Å². The maximum absolute atomic E-state index is 11.9. The number of amides is 1. The molecule has 1 aromatic rings. The summed E-state index contributed by atoms with van der Waals surface area (Å²) in [5.74, 6) is 1.07. The monoisotopic (exact) mass is 363 g/mol. The highest BCUT2D eigenvalue weighted by molar-refractivity contribution is 5.92. The summed E-state index contributed by atoms with van der Waals surface area (Å²) in [5.41, 5.74) is 0.854. The molecular weight excluding hydrogens is 330 g/mol. The second-order valence-corrected chi connectivity index (χ2v) is 6.63. The fourth-order valence-corrected chi connectivity index (χ4v) is 3.01. The van der Waals surface area contributed by atoms with Crippen LogP contribution in [-0.2, 0) is 0 Å². The molecule has 1 aromatic heterocycles. The first-order valence-corrected chi connectivity index (χ1v) is 9.77. The van der Waals surface area contributed by atoms with Crippen LogP contribution < -0.4 is 16.0 Å². The van der Waals surface area contributed by atoms with E-state index in [9.17, 15) is 4.79 Å². The fourth-order valence-electron chi connectivity index (χ4n) is 3.01. The number of aryl methyl sites for hydroxylation is 1. The van der Waals surface area contributed by atoms with E-state index in [4.69, 9.17) is 4.42 Å². The summed E-state index contributed by atoms with van der Waals surface area (Å²) in [6, 6.07) is 1.79. The lowest BCUT2D eigenvalue weighted by Crippen LogP contribution is -2.42. The molecule has 7 nitrogen and oxygen atoms in total. The van der Waals surface area contributed by atoms with Gasteiger partial charge in [0.1, 0.15) is 0 Å². The van der Waals surface area contributed by atoms with Crippen molar-refractivity contribution >= 4 is 11.9 Å². The van der Waals surface area contributed by atoms with Crippen molar-refractivity contribution in [1.29, 1.82) is 0 Å². The highest BCUT2D eigenvalue weighted by atomic mass is 16.3. The zero-order valence-corrected chi connectivity index (χ0v) is 16.1. The summed E-state index contributed by atoms with van der Waals surface area (Å²) >= 11 is 0. The first-order chi connectivity index (χ1) is 12.7. The Morgan fingerprint density at radius 3 is 2.69 bits per heavy atom. The summed E-state index contributed by atoms with van der Waals surface area (Å²) in [5, 5.41) is 9.53. The molecule has 0 aliphatic carbocycles. The van der Waals surface area contributed by atoms with Gasteiger partial charge in [-0.3, -0.25) is 9.79 Å². The molecule has 3 N–H and O–H groups in total. The number of nitrogens with zero attached hydrogens (tertiary/aromatic N) is 2. The minimum Gasteiger partial charge on any atom is -0.459 e. The van der Waals surface area contributed by atoms with Gasteiger partial charge in [-0.1, -0.05) is 6.42 Å². The van der Waals surface area contributed by atoms with Crippen LogP contribution in [0, 0.1) is 6.92 Å². The summed E-state index contributed by atoms with van der Waals surface area (Å²) in [7, 11) is 0. The van der Waals surface area contributed by atoms with E-state index < -0.39 is 0 Å². The Morgan fingerprint density at radius 1 is 1.19 bits per heavy atom. The van der Waals surface area contributed by atoms with Crippen LogP contribution in [0.5, 0.6) is 0 Å². The average molecular weight is 364 g/mol. The van der Waals surface area contributed by atoms with E-state index in [1.165, 1.54) is 38.6 Å². The first-order valence-electron chi connectivity index (χ1n) is 9.77. The van der Waals surface area contributed by atoms with Crippen molar-refractivity contribution in [3.05, 3.63) is 23.7 Å². The molecule has 1 aliphatic heterocycles. The van der Waals surface area contributed by atoms with Crippen molar-refractivity contribution in [3.63, 3.8) is 0 Å². The number of furan rings is 1. The predicted octanol–water partition coefficient (Wildman–Crippen LogP) is 1.75. The van der Waals surface area contributed by atoms with Gasteiger partial charge in [-0.2, -0.15) is 0 Å². The predicted molar refractivity (Wildman–Crippen MR) is 105 cm³/mol. The molecule has 0 unspecified atom stereocenters. The number of carbonyl (C=O) groups is 1. The second kappa shape index (κ2) is 11.6. The molecule has 7 heteroatoms. The highest BCUT2D eigenvalue weighted by Crippen LogP contribution is 2.08. The van der Waals surface area contributed by atoms with Crippen LogP contribution >= 0.6 is 0 Å². The summed E-state index contributed by atoms with van der Waals surface area (Å²) in [6.45, 7) is 10.4. The van der Waals surface area contributed by atoms with Gasteiger partial charge in [-0.05, 0) is 52.3 Å². The van der Waals surface area contributed by atoms with Crippen molar-refractivity contribution in [2.45, 2.75) is 39.5 Å². The van der Waals surface area contributed by atoms with E-state index in [2.05, 4.69) is 32.8 Å². The standard InChI is InChI=1S/C19H33N5O2/c1-3-20-19(23-11-14-24-12-5-4-6-13-24)22-10-7-9-21-18(25)17-16(2)8-15-26-17/h8,15H,3-7,9-14H2,1-2H3,(H,21,25)(H2,20,22,23). The molecule has 1 saturated heterocycles. The Kier molecular flexibility index (Phi) is 9.03. The number of likely N-dealkylation sites (tertiary alicyclic amines) is 1. The summed E-state index contributed by atoms with van der Waals surface area (Å²) in [6.07, 6.45) is 6.32. The van der Waals surface area contributed by atoms with Crippen molar-refractivity contribution in [3.8, 4) is 0 Å². The molecule has 0 atom stereocenters. The lowest BCUT2D eigenvalue weighted by molar-refractivity contribution is 0.0925. The fraction of sp³-hybridized carbons (Fsp3) is 0.684. The number of carbonyl (C=O) groups excluding carboxylic acids is 1. The maximum Gasteiger partial charge on any atom is 0.287 e. The summed E-state index contributed by atoms with van der Waals surface area (Å²) in [4.78, 5) is 19.0. The van der Waals surface area contributed by atoms with Gasteiger partial charge in [-0.25, -0.2) is 0 Å². The number of aliphatic imine (C=N–C) groups is 1. The molecule has 1 aliphatic rings. The van der Waals surface area contributed by atoms with Crippen molar-refractivity contribution in [2.75, 3.05) is 45.8 Å². The Bertz CT molecular complexity index is 564. The van der Waals surface area contributed by atoms with Gasteiger partial charge in [0.05, 0.1) is 6.26 Å². The average Bonchev–Trinajstić information content (AvgIpc) is 3.08. The van der Waals surface area contributed by atoms with Crippen molar-refractivity contribution in [1.82, 2.24) is 20.9 Å². The van der Waals surface area contributed by atoms with Crippen LogP contribution in [0.3, 0.4) is 0 Å². The number of rotatable bonds is 9. The number of guanidine groups is 1. The van der Waals surface area contributed by atoms with Crippen LogP contribution in [0.2, 0.25) is 0 Å². The zero-order valence-electron chi connectivity index (χ0n) is 16.1. The number of hydrogen-bond donors (Lipinski definition) is 3. The van der Waals surface area contributed by atoms with Gasteiger partial charge in [-0.15, -0.1) is 0 Å². The largest absolute Gasteiger partial charge is 0.459 e. The Balaban J connectivity index is 1.62. The van der Waals surface area contributed by atoms with Crippen molar-refractivity contribution < 1.29 is 9.21 Å². The normalized spacial score (nSPS) is 15.7. The molecule has 2 rings (SSSR count). The maximum atomic E-state index is 11.9. The van der Waals surface area contributed by atoms with E-state index >= 15 is 0 Å². The number of hydrogen-bond acceptors (Lipinski definition) is 4. The molecule has 0 saturated carbocycles. The van der Waals surface area contributed by atoms with Crippen LogP contribution in [0.25, 0.3) is 0 Å².